The van der Waals surface area contributed by atoms with E-state index in [2.05, 4.69) is 30.3 Å². The monoisotopic (exact) mass is 301 g/mol. The Morgan fingerprint density at radius 3 is 2.57 bits per heavy atom. The van der Waals surface area contributed by atoms with Crippen LogP contribution < -0.4 is 5.73 Å². The van der Waals surface area contributed by atoms with Crippen molar-refractivity contribution in [3.63, 3.8) is 0 Å². The molecule has 2 N–H and O–H groups in total. The lowest BCUT2D eigenvalue weighted by atomic mass is 9.82. The van der Waals surface area contributed by atoms with Crippen molar-refractivity contribution in [3.8, 4) is 0 Å². The number of thioether (sulfide) groups is 1. The first-order chi connectivity index (χ1) is 10.2. The molecule has 3 atom stereocenters. The van der Waals surface area contributed by atoms with E-state index in [-0.39, 0.29) is 11.9 Å². The highest BCUT2D eigenvalue weighted by atomic mass is 32.2. The smallest absolute Gasteiger partial charge is 0.124 e. The van der Waals surface area contributed by atoms with E-state index in [4.69, 9.17) is 5.73 Å². The lowest BCUT2D eigenvalue weighted by Gasteiger charge is -2.34. The van der Waals surface area contributed by atoms with E-state index in [1.165, 1.54) is 11.6 Å². The minimum Gasteiger partial charge on any atom is -0.327 e. The van der Waals surface area contributed by atoms with Gasteiger partial charge < -0.3 is 5.73 Å². The van der Waals surface area contributed by atoms with Crippen LogP contribution in [0.25, 0.3) is 0 Å². The first kappa shape index (κ1) is 14.6. The Balaban J connectivity index is 1.72. The Hall–Kier alpha value is -1.32. The summed E-state index contributed by atoms with van der Waals surface area (Å²) in [7, 11) is 0. The van der Waals surface area contributed by atoms with Gasteiger partial charge in [0, 0.05) is 16.2 Å². The topological polar surface area (TPSA) is 26.0 Å². The van der Waals surface area contributed by atoms with Gasteiger partial charge in [-0.1, -0.05) is 36.4 Å². The molecule has 0 bridgehead atoms. The predicted molar refractivity (Wildman–Crippen MR) is 87.1 cm³/mol. The quantitative estimate of drug-likeness (QED) is 0.898. The molecule has 3 rings (SSSR count). The van der Waals surface area contributed by atoms with Crippen molar-refractivity contribution < 1.29 is 4.39 Å². The van der Waals surface area contributed by atoms with Gasteiger partial charge >= 0.3 is 0 Å². The van der Waals surface area contributed by atoms with Gasteiger partial charge in [-0.15, -0.1) is 11.8 Å². The zero-order valence-corrected chi connectivity index (χ0v) is 12.7. The van der Waals surface area contributed by atoms with Gasteiger partial charge in [-0.2, -0.15) is 0 Å². The molecule has 2 aromatic carbocycles. The summed E-state index contributed by atoms with van der Waals surface area (Å²) in [6.45, 7) is 0. The van der Waals surface area contributed by atoms with Gasteiger partial charge in [-0.3, -0.25) is 0 Å². The number of halogens is 1. The maximum Gasteiger partial charge on any atom is 0.124 e. The molecule has 3 heteroatoms. The molecule has 21 heavy (non-hydrogen) atoms. The first-order valence-corrected chi connectivity index (χ1v) is 8.33. The second-order valence-corrected chi connectivity index (χ2v) is 7.01. The lowest BCUT2D eigenvalue weighted by Crippen LogP contribution is -2.37. The van der Waals surface area contributed by atoms with Crippen molar-refractivity contribution in [1.29, 1.82) is 0 Å². The molecule has 1 saturated carbocycles. The summed E-state index contributed by atoms with van der Waals surface area (Å²) < 4.78 is 13.3. The molecular weight excluding hydrogens is 281 g/mol. The van der Waals surface area contributed by atoms with Crippen LogP contribution in [-0.4, -0.2) is 11.3 Å². The Labute approximate surface area is 129 Å². The van der Waals surface area contributed by atoms with Gasteiger partial charge in [0.05, 0.1) is 0 Å². The van der Waals surface area contributed by atoms with Crippen LogP contribution in [0.5, 0.6) is 0 Å². The van der Waals surface area contributed by atoms with E-state index in [0.29, 0.717) is 11.2 Å². The summed E-state index contributed by atoms with van der Waals surface area (Å²) in [4.78, 5) is 0.976. The third-order valence-electron chi connectivity index (χ3n) is 4.20. The molecule has 0 saturated heterocycles. The van der Waals surface area contributed by atoms with E-state index >= 15 is 0 Å². The molecule has 1 aliphatic carbocycles. The standard InChI is InChI=1S/C18H20FNS/c19-15-7-4-8-16(12-15)21-18-11-14(9-10-17(18)20)13-5-2-1-3-6-13/h1-8,12,14,17-18H,9-11,20H2. The SMILES string of the molecule is NC1CCC(c2ccccc2)CC1Sc1cccc(F)c1. The zero-order chi connectivity index (χ0) is 14.7. The highest BCUT2D eigenvalue weighted by Crippen LogP contribution is 2.40. The second-order valence-electron chi connectivity index (χ2n) is 5.70. The molecule has 0 heterocycles. The van der Waals surface area contributed by atoms with Crippen molar-refractivity contribution in [2.75, 3.05) is 0 Å². The van der Waals surface area contributed by atoms with Crippen LogP contribution in [0.4, 0.5) is 4.39 Å². The number of nitrogens with two attached hydrogens (primary N) is 1. The van der Waals surface area contributed by atoms with Gasteiger partial charge in [0.25, 0.3) is 0 Å². The maximum absolute atomic E-state index is 13.3. The van der Waals surface area contributed by atoms with E-state index in [0.717, 1.165) is 24.2 Å². The molecule has 3 unspecified atom stereocenters. The number of hydrogen-bond donors (Lipinski definition) is 1. The molecule has 0 aliphatic heterocycles. The van der Waals surface area contributed by atoms with Crippen molar-refractivity contribution in [2.24, 2.45) is 5.73 Å². The van der Waals surface area contributed by atoms with Crippen molar-refractivity contribution in [2.45, 2.75) is 41.4 Å². The van der Waals surface area contributed by atoms with Crippen molar-refractivity contribution >= 4 is 11.8 Å². The molecule has 2 aromatic rings. The van der Waals surface area contributed by atoms with Gasteiger partial charge in [0.15, 0.2) is 0 Å². The summed E-state index contributed by atoms with van der Waals surface area (Å²) >= 11 is 1.72. The minimum atomic E-state index is -0.177. The van der Waals surface area contributed by atoms with E-state index in [1.807, 2.05) is 6.07 Å². The third-order valence-corrected chi connectivity index (χ3v) is 5.57. The largest absolute Gasteiger partial charge is 0.327 e. The van der Waals surface area contributed by atoms with E-state index in [1.54, 1.807) is 23.9 Å². The molecule has 0 radical (unpaired) electrons. The van der Waals surface area contributed by atoms with Crippen LogP contribution in [0.3, 0.4) is 0 Å². The maximum atomic E-state index is 13.3. The average Bonchev–Trinajstić information content (AvgIpc) is 2.50. The molecule has 110 valence electrons. The van der Waals surface area contributed by atoms with Gasteiger partial charge in [-0.25, -0.2) is 4.39 Å². The van der Waals surface area contributed by atoms with Crippen molar-refractivity contribution in [3.05, 3.63) is 66.0 Å². The van der Waals surface area contributed by atoms with Crippen LogP contribution in [0, 0.1) is 5.82 Å². The fourth-order valence-corrected chi connectivity index (χ4v) is 4.36. The van der Waals surface area contributed by atoms with Crippen LogP contribution in [0.1, 0.15) is 30.7 Å². The van der Waals surface area contributed by atoms with Crippen LogP contribution in [0.15, 0.2) is 59.5 Å². The normalized spacial score (nSPS) is 25.7. The summed E-state index contributed by atoms with van der Waals surface area (Å²) in [6.07, 6.45) is 3.24. The molecule has 0 spiro atoms. The summed E-state index contributed by atoms with van der Waals surface area (Å²) in [5.74, 6) is 0.390. The van der Waals surface area contributed by atoms with E-state index < -0.39 is 0 Å². The Bertz CT molecular complexity index is 587. The van der Waals surface area contributed by atoms with Gasteiger partial charge in [0.1, 0.15) is 5.82 Å². The number of rotatable bonds is 3. The highest BCUT2D eigenvalue weighted by Gasteiger charge is 2.29. The summed E-state index contributed by atoms with van der Waals surface area (Å²) in [5, 5.41) is 0.353. The number of benzene rings is 2. The first-order valence-electron chi connectivity index (χ1n) is 7.45. The van der Waals surface area contributed by atoms with Crippen LogP contribution in [-0.2, 0) is 0 Å². The molecule has 1 fully saturated rings. The van der Waals surface area contributed by atoms with Gasteiger partial charge in [0.2, 0.25) is 0 Å². The minimum absolute atomic E-state index is 0.177. The van der Waals surface area contributed by atoms with Gasteiger partial charge in [-0.05, 0) is 48.9 Å². The fourth-order valence-electron chi connectivity index (χ4n) is 3.03. The van der Waals surface area contributed by atoms with Crippen LogP contribution >= 0.6 is 11.8 Å². The molecule has 1 aliphatic rings. The summed E-state index contributed by atoms with van der Waals surface area (Å²) in [5.41, 5.74) is 7.69. The van der Waals surface area contributed by atoms with E-state index in [9.17, 15) is 4.39 Å². The number of hydrogen-bond acceptors (Lipinski definition) is 2. The second kappa shape index (κ2) is 6.63. The zero-order valence-electron chi connectivity index (χ0n) is 11.9. The van der Waals surface area contributed by atoms with Crippen LogP contribution in [0.2, 0.25) is 0 Å². The summed E-state index contributed by atoms with van der Waals surface area (Å²) in [6, 6.07) is 17.7. The molecule has 0 aromatic heterocycles. The fraction of sp³-hybridized carbons (Fsp3) is 0.333. The lowest BCUT2D eigenvalue weighted by molar-refractivity contribution is 0.406. The van der Waals surface area contributed by atoms with Crippen molar-refractivity contribution in [1.82, 2.24) is 0 Å². The Kier molecular flexibility index (Phi) is 4.61. The Morgan fingerprint density at radius 1 is 1.00 bits per heavy atom. The Morgan fingerprint density at radius 2 is 1.81 bits per heavy atom. The molecule has 0 amide bonds. The molecular formula is C18H20FNS. The highest BCUT2D eigenvalue weighted by molar-refractivity contribution is 8.00. The molecule has 1 nitrogen and oxygen atoms in total. The predicted octanol–water partition coefficient (Wildman–Crippen LogP) is 4.58. The average molecular weight is 301 g/mol. The third kappa shape index (κ3) is 3.66.